The minimum atomic E-state index is -0.933. The van der Waals surface area contributed by atoms with E-state index in [4.69, 9.17) is 38.8 Å². The molecule has 1 aromatic rings. The van der Waals surface area contributed by atoms with Crippen LogP contribution in [0.5, 0.6) is 5.75 Å². The van der Waals surface area contributed by atoms with Gasteiger partial charge in [-0.05, 0) is 18.6 Å². The first-order valence-corrected chi connectivity index (χ1v) is 8.12. The Bertz CT molecular complexity index is 480. The molecule has 0 aliphatic carbocycles. The van der Waals surface area contributed by atoms with Crippen molar-refractivity contribution in [2.24, 2.45) is 5.73 Å². The molecule has 0 heterocycles. The van der Waals surface area contributed by atoms with Gasteiger partial charge in [-0.25, -0.2) is 0 Å². The van der Waals surface area contributed by atoms with Crippen molar-refractivity contribution in [1.82, 2.24) is 0 Å². The Balaban J connectivity index is 2.78. The third-order valence-corrected chi connectivity index (χ3v) is 3.47. The average molecular weight is 349 g/mol. The minimum absolute atomic E-state index is 0.122. The Kier molecular flexibility index (Phi) is 8.38. The zero-order valence-electron chi connectivity index (χ0n) is 12.6. The second-order valence-electron chi connectivity index (χ2n) is 4.98. The predicted molar refractivity (Wildman–Crippen MR) is 90.6 cm³/mol. The zero-order chi connectivity index (χ0) is 16.5. The van der Waals surface area contributed by atoms with E-state index < -0.39 is 12.0 Å². The van der Waals surface area contributed by atoms with Crippen molar-refractivity contribution in [3.63, 3.8) is 0 Å². The Labute approximate surface area is 140 Å². The number of nitrogens with two attached hydrogens (primary N) is 1. The van der Waals surface area contributed by atoms with Gasteiger partial charge < -0.3 is 20.5 Å². The highest BCUT2D eigenvalue weighted by atomic mass is 35.5. The highest BCUT2D eigenvalue weighted by Crippen LogP contribution is 2.25. The van der Waals surface area contributed by atoms with Gasteiger partial charge >= 0.3 is 5.97 Å². The lowest BCUT2D eigenvalue weighted by atomic mass is 10.2. The first-order valence-electron chi connectivity index (χ1n) is 7.05. The fourth-order valence-corrected chi connectivity index (χ4v) is 2.40. The Morgan fingerprint density at radius 2 is 2.00 bits per heavy atom. The van der Waals surface area contributed by atoms with Crippen molar-refractivity contribution in [3.05, 3.63) is 23.8 Å². The maximum atomic E-state index is 10.6. The molecule has 0 fully saturated rings. The van der Waals surface area contributed by atoms with Gasteiger partial charge in [-0.15, -0.1) is 23.2 Å². The van der Waals surface area contributed by atoms with Gasteiger partial charge in [-0.3, -0.25) is 4.79 Å². The molecular formula is C15H22Cl2N2O3. The number of halogens is 2. The fraction of sp³-hybridized carbons (Fsp3) is 0.533. The molecule has 5 nitrogen and oxygen atoms in total. The van der Waals surface area contributed by atoms with Crippen LogP contribution < -0.4 is 15.4 Å². The van der Waals surface area contributed by atoms with Crippen molar-refractivity contribution >= 4 is 34.9 Å². The van der Waals surface area contributed by atoms with Crippen molar-refractivity contribution in [2.45, 2.75) is 19.4 Å². The summed E-state index contributed by atoms with van der Waals surface area (Å²) in [5.74, 6) is 0.763. The van der Waals surface area contributed by atoms with E-state index in [0.717, 1.165) is 11.3 Å². The number of nitrogens with zero attached hydrogens (tertiary/aromatic N) is 1. The van der Waals surface area contributed by atoms with E-state index in [-0.39, 0.29) is 13.0 Å². The van der Waals surface area contributed by atoms with Crippen LogP contribution in [0.25, 0.3) is 0 Å². The molecule has 1 atom stereocenters. The van der Waals surface area contributed by atoms with Gasteiger partial charge in [-0.2, -0.15) is 0 Å². The van der Waals surface area contributed by atoms with Crippen molar-refractivity contribution < 1.29 is 14.6 Å². The van der Waals surface area contributed by atoms with Gasteiger partial charge in [0, 0.05) is 42.6 Å². The second kappa shape index (κ2) is 9.77. The molecule has 0 radical (unpaired) electrons. The van der Waals surface area contributed by atoms with Gasteiger partial charge in [0.1, 0.15) is 12.4 Å². The fourth-order valence-electron chi connectivity index (χ4n) is 2.00. The van der Waals surface area contributed by atoms with Crippen LogP contribution in [0.3, 0.4) is 0 Å². The molecule has 3 N–H and O–H groups in total. The van der Waals surface area contributed by atoms with E-state index >= 15 is 0 Å². The monoisotopic (exact) mass is 348 g/mol. The standard InChI is InChI=1S/C15H22Cl2N2O3/c1-11-2-3-13(19(6-4-16)7-5-17)9-14(11)22-10-12(18)8-15(20)21/h2-3,9,12H,4-8,10,18H2,1H3,(H,20,21)/t12-/m1/s1. The molecule has 124 valence electrons. The van der Waals surface area contributed by atoms with Crippen molar-refractivity contribution in [3.8, 4) is 5.75 Å². The zero-order valence-corrected chi connectivity index (χ0v) is 14.1. The first-order chi connectivity index (χ1) is 10.5. The Morgan fingerprint density at radius 1 is 1.36 bits per heavy atom. The molecule has 0 aromatic heterocycles. The summed E-state index contributed by atoms with van der Waals surface area (Å²) in [6, 6.07) is 5.30. The molecule has 1 rings (SSSR count). The molecular weight excluding hydrogens is 327 g/mol. The van der Waals surface area contributed by atoms with Gasteiger partial charge in [0.2, 0.25) is 0 Å². The summed E-state index contributed by atoms with van der Waals surface area (Å²) >= 11 is 11.6. The number of carbonyl (C=O) groups is 1. The smallest absolute Gasteiger partial charge is 0.305 e. The topological polar surface area (TPSA) is 75.8 Å². The summed E-state index contributed by atoms with van der Waals surface area (Å²) in [6.07, 6.45) is -0.122. The average Bonchev–Trinajstić information content (AvgIpc) is 2.45. The largest absolute Gasteiger partial charge is 0.492 e. The molecule has 0 saturated heterocycles. The number of anilines is 1. The molecule has 0 bridgehead atoms. The maximum Gasteiger partial charge on any atom is 0.305 e. The maximum absolute atomic E-state index is 10.6. The van der Waals surface area contributed by atoms with Gasteiger partial charge in [0.05, 0.1) is 6.42 Å². The highest BCUT2D eigenvalue weighted by molar-refractivity contribution is 6.18. The molecule has 22 heavy (non-hydrogen) atoms. The van der Waals surface area contributed by atoms with Crippen LogP contribution in [-0.4, -0.2) is 48.6 Å². The van der Waals surface area contributed by atoms with Crippen LogP contribution in [0.2, 0.25) is 0 Å². The van der Waals surface area contributed by atoms with Crippen LogP contribution in [0.4, 0.5) is 5.69 Å². The number of hydrogen-bond donors (Lipinski definition) is 2. The summed E-state index contributed by atoms with van der Waals surface area (Å²) in [4.78, 5) is 12.7. The number of alkyl halides is 2. The minimum Gasteiger partial charge on any atom is -0.492 e. The van der Waals surface area contributed by atoms with E-state index in [1.165, 1.54) is 0 Å². The number of carboxylic acid groups (broad SMARTS) is 1. The Morgan fingerprint density at radius 3 is 2.55 bits per heavy atom. The molecule has 1 aromatic carbocycles. The van der Waals surface area contributed by atoms with Gasteiger partial charge in [0.25, 0.3) is 0 Å². The molecule has 0 amide bonds. The molecule has 0 spiro atoms. The van der Waals surface area contributed by atoms with Crippen LogP contribution in [-0.2, 0) is 4.79 Å². The lowest BCUT2D eigenvalue weighted by Gasteiger charge is -2.24. The van der Waals surface area contributed by atoms with Crippen molar-refractivity contribution in [1.29, 1.82) is 0 Å². The Hall–Kier alpha value is -1.17. The predicted octanol–water partition coefficient (Wildman–Crippen LogP) is 2.46. The lowest BCUT2D eigenvalue weighted by Crippen LogP contribution is -2.30. The van der Waals surface area contributed by atoms with E-state index in [9.17, 15) is 4.79 Å². The summed E-state index contributed by atoms with van der Waals surface area (Å²) in [7, 11) is 0. The van der Waals surface area contributed by atoms with E-state index in [2.05, 4.69) is 4.90 Å². The quantitative estimate of drug-likeness (QED) is 0.635. The number of aryl methyl sites for hydroxylation is 1. The highest BCUT2D eigenvalue weighted by Gasteiger charge is 2.12. The van der Waals surface area contributed by atoms with Crippen molar-refractivity contribution in [2.75, 3.05) is 36.4 Å². The summed E-state index contributed by atoms with van der Waals surface area (Å²) < 4.78 is 5.67. The molecule has 0 aliphatic heterocycles. The SMILES string of the molecule is Cc1ccc(N(CCCl)CCCl)cc1OC[C@H](N)CC(=O)O. The van der Waals surface area contributed by atoms with E-state index in [0.29, 0.717) is 30.6 Å². The number of carboxylic acids is 1. The number of aliphatic carboxylic acids is 1. The summed E-state index contributed by atoms with van der Waals surface area (Å²) in [5.41, 5.74) is 7.64. The third kappa shape index (κ3) is 6.30. The van der Waals surface area contributed by atoms with Gasteiger partial charge in [-0.1, -0.05) is 6.07 Å². The number of ether oxygens (including phenoxy) is 1. The molecule has 0 saturated carbocycles. The molecule has 0 aliphatic rings. The number of hydrogen-bond acceptors (Lipinski definition) is 4. The first kappa shape index (κ1) is 18.9. The van der Waals surface area contributed by atoms with Crippen LogP contribution in [0.1, 0.15) is 12.0 Å². The number of rotatable bonds is 10. The normalized spacial score (nSPS) is 12.0. The lowest BCUT2D eigenvalue weighted by molar-refractivity contribution is -0.137. The van der Waals surface area contributed by atoms with E-state index in [1.807, 2.05) is 25.1 Å². The summed E-state index contributed by atoms with van der Waals surface area (Å²) in [5, 5.41) is 8.70. The van der Waals surface area contributed by atoms with Crippen LogP contribution in [0.15, 0.2) is 18.2 Å². The van der Waals surface area contributed by atoms with Crippen LogP contribution >= 0.6 is 23.2 Å². The van der Waals surface area contributed by atoms with Gasteiger partial charge in [0.15, 0.2) is 0 Å². The summed E-state index contributed by atoms with van der Waals surface area (Å²) in [6.45, 7) is 3.46. The van der Waals surface area contributed by atoms with Crippen LogP contribution in [0, 0.1) is 6.92 Å². The number of benzene rings is 1. The second-order valence-corrected chi connectivity index (χ2v) is 5.74. The van der Waals surface area contributed by atoms with E-state index in [1.54, 1.807) is 0 Å². The third-order valence-electron chi connectivity index (χ3n) is 3.14. The molecule has 0 unspecified atom stereocenters. The molecule has 7 heteroatoms.